The van der Waals surface area contributed by atoms with E-state index in [1.807, 2.05) is 18.7 Å². The Morgan fingerprint density at radius 2 is 1.97 bits per heavy atom. The van der Waals surface area contributed by atoms with Gasteiger partial charge in [0.15, 0.2) is 5.82 Å². The lowest BCUT2D eigenvalue weighted by atomic mass is 9.85. The second-order valence-corrected chi connectivity index (χ2v) is 7.85. The molecule has 2 aliphatic heterocycles. The lowest BCUT2D eigenvalue weighted by Crippen LogP contribution is -2.57. The summed E-state index contributed by atoms with van der Waals surface area (Å²) in [6, 6.07) is 0.256. The van der Waals surface area contributed by atoms with Crippen LogP contribution in [0.4, 0.5) is 10.8 Å². The molecule has 0 aliphatic carbocycles. The van der Waals surface area contributed by atoms with Crippen LogP contribution < -0.4 is 4.90 Å². The van der Waals surface area contributed by atoms with E-state index in [4.69, 9.17) is 18.8 Å². The Balaban J connectivity index is 0.000000858. The van der Waals surface area contributed by atoms with Gasteiger partial charge in [-0.25, -0.2) is 9.78 Å². The monoisotopic (exact) mass is 434 g/mol. The molecule has 2 fully saturated rings. The fourth-order valence-corrected chi connectivity index (χ4v) is 4.01. The Hall–Kier alpha value is -3.44. The average Bonchev–Trinajstić information content (AvgIpc) is 3.44. The number of imide groups is 1. The third-order valence-electron chi connectivity index (χ3n) is 5.32. The predicted molar refractivity (Wildman–Crippen MR) is 106 cm³/mol. The first-order chi connectivity index (χ1) is 14.8. The number of amides is 3. The van der Waals surface area contributed by atoms with E-state index in [-0.39, 0.29) is 30.9 Å². The average molecular weight is 434 g/mol. The van der Waals surface area contributed by atoms with E-state index in [0.29, 0.717) is 50.2 Å². The van der Waals surface area contributed by atoms with Gasteiger partial charge >= 0.3 is 6.03 Å². The highest BCUT2D eigenvalue weighted by atomic mass is 16.5. The molecule has 1 spiro atoms. The van der Waals surface area contributed by atoms with Crippen molar-refractivity contribution in [2.24, 2.45) is 5.92 Å². The zero-order valence-electron chi connectivity index (χ0n) is 17.7. The second kappa shape index (κ2) is 9.14. The summed E-state index contributed by atoms with van der Waals surface area (Å²) in [6.45, 7) is 7.22. The maximum Gasteiger partial charge on any atom is 0.328 e. The molecule has 0 saturated carbocycles. The molecule has 2 aliphatic rings. The number of nitrogens with zero attached hydrogens (tertiary/aromatic N) is 6. The SMILES string of the molecule is Cc1nc(CN2C(=O)N(CC(C)C)C3(CCN(c4ncco4)CC3)C2=O)no1.O=CO. The fraction of sp³-hybridized carbons (Fsp3) is 0.579. The number of piperidine rings is 1. The lowest BCUT2D eigenvalue weighted by molar-refractivity contribution is -0.135. The highest BCUT2D eigenvalue weighted by Crippen LogP contribution is 2.39. The highest BCUT2D eigenvalue weighted by molar-refractivity contribution is 6.07. The summed E-state index contributed by atoms with van der Waals surface area (Å²) in [5.74, 6) is 0.790. The van der Waals surface area contributed by atoms with Crippen molar-refractivity contribution in [3.63, 3.8) is 0 Å². The van der Waals surface area contributed by atoms with E-state index in [9.17, 15) is 9.59 Å². The first-order valence-corrected chi connectivity index (χ1v) is 9.97. The van der Waals surface area contributed by atoms with Gasteiger partial charge in [-0.15, -0.1) is 0 Å². The van der Waals surface area contributed by atoms with Gasteiger partial charge in [0.25, 0.3) is 18.4 Å². The molecule has 2 aromatic rings. The van der Waals surface area contributed by atoms with Gasteiger partial charge in [0.2, 0.25) is 5.89 Å². The zero-order valence-corrected chi connectivity index (χ0v) is 17.7. The Morgan fingerprint density at radius 1 is 1.29 bits per heavy atom. The van der Waals surface area contributed by atoms with E-state index in [0.717, 1.165) is 0 Å². The summed E-state index contributed by atoms with van der Waals surface area (Å²) >= 11 is 0. The van der Waals surface area contributed by atoms with Crippen LogP contribution in [-0.2, 0) is 16.1 Å². The van der Waals surface area contributed by atoms with Crippen molar-refractivity contribution in [2.45, 2.75) is 45.7 Å². The van der Waals surface area contributed by atoms with Crippen LogP contribution in [0.2, 0.25) is 0 Å². The highest BCUT2D eigenvalue weighted by Gasteiger charge is 2.58. The van der Waals surface area contributed by atoms with Crippen LogP contribution in [0.25, 0.3) is 0 Å². The lowest BCUT2D eigenvalue weighted by Gasteiger charge is -2.42. The summed E-state index contributed by atoms with van der Waals surface area (Å²) in [6.07, 6.45) is 4.18. The quantitative estimate of drug-likeness (QED) is 0.543. The van der Waals surface area contributed by atoms with Gasteiger partial charge in [-0.05, 0) is 18.8 Å². The number of hydrogen-bond donors (Lipinski definition) is 1. The van der Waals surface area contributed by atoms with Gasteiger partial charge in [-0.3, -0.25) is 14.5 Å². The smallest absolute Gasteiger partial charge is 0.328 e. The number of carbonyl (C=O) groups excluding carboxylic acids is 2. The fourth-order valence-electron chi connectivity index (χ4n) is 4.01. The number of carboxylic acid groups (broad SMARTS) is 1. The van der Waals surface area contributed by atoms with Crippen LogP contribution >= 0.6 is 0 Å². The van der Waals surface area contributed by atoms with Crippen molar-refractivity contribution in [3.05, 3.63) is 24.2 Å². The van der Waals surface area contributed by atoms with Crippen molar-refractivity contribution >= 4 is 24.4 Å². The maximum atomic E-state index is 13.4. The van der Waals surface area contributed by atoms with Crippen molar-refractivity contribution < 1.29 is 28.4 Å². The van der Waals surface area contributed by atoms with E-state index >= 15 is 0 Å². The van der Waals surface area contributed by atoms with Crippen LogP contribution in [0.3, 0.4) is 0 Å². The molecule has 2 saturated heterocycles. The Bertz CT molecular complexity index is 903. The van der Waals surface area contributed by atoms with Gasteiger partial charge in [0.05, 0.1) is 12.7 Å². The molecule has 1 N–H and O–H groups in total. The molecular formula is C19H26N6O6. The van der Waals surface area contributed by atoms with Crippen LogP contribution in [0.5, 0.6) is 0 Å². The number of carbonyl (C=O) groups is 3. The minimum atomic E-state index is -0.844. The number of oxazole rings is 1. The molecule has 0 aromatic carbocycles. The van der Waals surface area contributed by atoms with Gasteiger partial charge in [0, 0.05) is 26.6 Å². The van der Waals surface area contributed by atoms with Crippen molar-refractivity contribution in [1.82, 2.24) is 24.9 Å². The van der Waals surface area contributed by atoms with Crippen LogP contribution in [0.1, 0.15) is 38.4 Å². The third-order valence-corrected chi connectivity index (χ3v) is 5.32. The molecular weight excluding hydrogens is 408 g/mol. The second-order valence-electron chi connectivity index (χ2n) is 7.85. The largest absolute Gasteiger partial charge is 0.483 e. The van der Waals surface area contributed by atoms with E-state index in [1.165, 1.54) is 11.2 Å². The molecule has 0 atom stereocenters. The summed E-state index contributed by atoms with van der Waals surface area (Å²) in [5.41, 5.74) is -0.844. The molecule has 0 radical (unpaired) electrons. The number of hydrogen-bond acceptors (Lipinski definition) is 9. The maximum absolute atomic E-state index is 13.4. The molecule has 3 amide bonds. The van der Waals surface area contributed by atoms with E-state index in [1.54, 1.807) is 18.0 Å². The minimum Gasteiger partial charge on any atom is -0.483 e. The molecule has 4 rings (SSSR count). The van der Waals surface area contributed by atoms with Crippen LogP contribution in [-0.4, -0.2) is 73.6 Å². The molecule has 0 unspecified atom stereocenters. The molecule has 31 heavy (non-hydrogen) atoms. The van der Waals surface area contributed by atoms with Crippen molar-refractivity contribution in [2.75, 3.05) is 24.5 Å². The molecule has 2 aromatic heterocycles. The van der Waals surface area contributed by atoms with Crippen molar-refractivity contribution in [3.8, 4) is 0 Å². The number of aromatic nitrogens is 3. The third kappa shape index (κ3) is 4.37. The Kier molecular flexibility index (Phi) is 6.56. The zero-order chi connectivity index (χ0) is 22.6. The molecule has 12 nitrogen and oxygen atoms in total. The van der Waals surface area contributed by atoms with Gasteiger partial charge in [0.1, 0.15) is 11.8 Å². The molecule has 12 heteroatoms. The molecule has 0 bridgehead atoms. The van der Waals surface area contributed by atoms with Gasteiger partial charge in [-0.1, -0.05) is 19.0 Å². The van der Waals surface area contributed by atoms with Crippen LogP contribution in [0, 0.1) is 12.8 Å². The molecule has 4 heterocycles. The number of anilines is 1. The number of urea groups is 1. The summed E-state index contributed by atoms with van der Waals surface area (Å²) < 4.78 is 10.4. The van der Waals surface area contributed by atoms with E-state index in [2.05, 4.69) is 15.1 Å². The van der Waals surface area contributed by atoms with Gasteiger partial charge < -0.3 is 23.8 Å². The van der Waals surface area contributed by atoms with Crippen LogP contribution in [0.15, 0.2) is 21.4 Å². The number of aryl methyl sites for hydroxylation is 1. The molecule has 168 valence electrons. The Labute approximate surface area is 178 Å². The number of rotatable bonds is 5. The first kappa shape index (κ1) is 22.2. The Morgan fingerprint density at radius 3 is 2.48 bits per heavy atom. The van der Waals surface area contributed by atoms with Gasteiger partial charge in [-0.2, -0.15) is 4.98 Å². The summed E-state index contributed by atoms with van der Waals surface area (Å²) in [4.78, 5) is 48.2. The predicted octanol–water partition coefficient (Wildman–Crippen LogP) is 1.53. The minimum absolute atomic E-state index is 0.0226. The first-order valence-electron chi connectivity index (χ1n) is 9.97. The summed E-state index contributed by atoms with van der Waals surface area (Å²) in [7, 11) is 0. The summed E-state index contributed by atoms with van der Waals surface area (Å²) in [5, 5.41) is 10.7. The normalized spacial score (nSPS) is 18.0. The standard InChI is InChI=1S/C18H24N6O4.CH2O2/c1-12(2)10-24-17(26)23(11-14-20-13(3)28-21-14)15(25)18(24)4-7-22(8-5-18)16-19-6-9-27-16;2-1-3/h6,9,12H,4-5,7-8,10-11H2,1-3H3;1H,(H,2,3). The van der Waals surface area contributed by atoms with Crippen molar-refractivity contribution in [1.29, 1.82) is 0 Å². The topological polar surface area (TPSA) is 146 Å². The van der Waals surface area contributed by atoms with E-state index < -0.39 is 5.54 Å².